The fourth-order valence-electron chi connectivity index (χ4n) is 3.36. The normalized spacial score (nSPS) is 28.5. The molecule has 0 amide bonds. The van der Waals surface area contributed by atoms with Gasteiger partial charge in [-0.15, -0.1) is 0 Å². The number of nitrogens with two attached hydrogens (primary N) is 1. The van der Waals surface area contributed by atoms with Crippen molar-refractivity contribution in [3.8, 4) is 0 Å². The van der Waals surface area contributed by atoms with Crippen LogP contribution in [0.2, 0.25) is 0 Å². The molecule has 110 valence electrons. The largest absolute Gasteiger partial charge is 0.392 e. The minimum Gasteiger partial charge on any atom is -0.392 e. The highest BCUT2D eigenvalue weighted by molar-refractivity contribution is 5.41. The van der Waals surface area contributed by atoms with E-state index in [0.717, 1.165) is 12.8 Å². The molecule has 20 heavy (non-hydrogen) atoms. The topological polar surface area (TPSA) is 89.4 Å². The molecule has 0 spiro atoms. The highest BCUT2D eigenvalue weighted by Gasteiger charge is 2.51. The van der Waals surface area contributed by atoms with Gasteiger partial charge in [-0.25, -0.2) is 0 Å². The Labute approximate surface area is 118 Å². The average Bonchev–Trinajstić information content (AvgIpc) is 2.64. The smallest absolute Gasteiger partial charge is 0.272 e. The van der Waals surface area contributed by atoms with E-state index < -0.39 is 11.5 Å². The minimum absolute atomic E-state index is 0.109. The van der Waals surface area contributed by atoms with Crippen molar-refractivity contribution in [3.05, 3.63) is 39.9 Å². The van der Waals surface area contributed by atoms with Gasteiger partial charge in [-0.3, -0.25) is 10.1 Å². The van der Waals surface area contributed by atoms with Gasteiger partial charge in [0.25, 0.3) is 5.69 Å². The summed E-state index contributed by atoms with van der Waals surface area (Å²) in [5.41, 5.74) is 6.03. The van der Waals surface area contributed by atoms with Crippen LogP contribution in [-0.2, 0) is 6.42 Å². The Morgan fingerprint density at radius 2 is 2.05 bits per heavy atom. The molecule has 0 aliphatic heterocycles. The van der Waals surface area contributed by atoms with Crippen LogP contribution in [0.25, 0.3) is 0 Å². The van der Waals surface area contributed by atoms with Crippen molar-refractivity contribution in [1.29, 1.82) is 0 Å². The quantitative estimate of drug-likeness (QED) is 0.653. The number of hydrogen-bond donors (Lipinski definition) is 2. The van der Waals surface area contributed by atoms with Gasteiger partial charge in [-0.05, 0) is 24.7 Å². The Bertz CT molecular complexity index is 516. The van der Waals surface area contributed by atoms with Gasteiger partial charge < -0.3 is 10.8 Å². The predicted molar refractivity (Wildman–Crippen MR) is 77.3 cm³/mol. The number of hydrogen-bond acceptors (Lipinski definition) is 4. The molecule has 1 aromatic carbocycles. The van der Waals surface area contributed by atoms with Gasteiger partial charge in [0.1, 0.15) is 0 Å². The predicted octanol–water partition coefficient (Wildman–Crippen LogP) is 2.26. The number of nitrogens with zero attached hydrogens (tertiary/aromatic N) is 1. The molecule has 0 bridgehead atoms. The number of aliphatic hydroxyl groups excluding tert-OH is 1. The third-order valence-electron chi connectivity index (χ3n) is 4.72. The third-order valence-corrected chi connectivity index (χ3v) is 4.72. The van der Waals surface area contributed by atoms with Crippen LogP contribution in [0.5, 0.6) is 0 Å². The second-order valence-electron chi connectivity index (χ2n) is 6.52. The van der Waals surface area contributed by atoms with Crippen molar-refractivity contribution in [3.63, 3.8) is 0 Å². The molecule has 0 heterocycles. The van der Waals surface area contributed by atoms with Crippen molar-refractivity contribution in [2.75, 3.05) is 6.54 Å². The Hall–Kier alpha value is -1.46. The van der Waals surface area contributed by atoms with E-state index in [4.69, 9.17) is 5.73 Å². The molecule has 5 heteroatoms. The first-order valence-electron chi connectivity index (χ1n) is 6.93. The van der Waals surface area contributed by atoms with E-state index in [-0.39, 0.29) is 16.0 Å². The van der Waals surface area contributed by atoms with Crippen molar-refractivity contribution < 1.29 is 10.0 Å². The maximum absolute atomic E-state index is 11.1. The van der Waals surface area contributed by atoms with Gasteiger partial charge >= 0.3 is 0 Å². The lowest BCUT2D eigenvalue weighted by Gasteiger charge is -2.35. The van der Waals surface area contributed by atoms with Gasteiger partial charge in [-0.2, -0.15) is 0 Å². The molecule has 1 aliphatic carbocycles. The zero-order valence-electron chi connectivity index (χ0n) is 12.0. The lowest BCUT2D eigenvalue weighted by Crippen LogP contribution is -2.44. The summed E-state index contributed by atoms with van der Waals surface area (Å²) in [5, 5.41) is 21.7. The molecular formula is C15H22N2O3. The standard InChI is InChI=1S/C15H22N2O3/c1-14(2)7-8-15(10-16,13(14)18)9-11-5-3-4-6-12(11)17(19)20/h3-6,13,18H,7-10,16H2,1-2H3. The summed E-state index contributed by atoms with van der Waals surface area (Å²) in [4.78, 5) is 10.7. The number of nitro groups is 1. The van der Waals surface area contributed by atoms with E-state index in [1.807, 2.05) is 13.8 Å². The fourth-order valence-corrected chi connectivity index (χ4v) is 3.36. The summed E-state index contributed by atoms with van der Waals surface area (Å²) < 4.78 is 0. The highest BCUT2D eigenvalue weighted by Crippen LogP contribution is 2.50. The van der Waals surface area contributed by atoms with Crippen molar-refractivity contribution in [2.45, 2.75) is 39.2 Å². The van der Waals surface area contributed by atoms with E-state index in [2.05, 4.69) is 0 Å². The summed E-state index contributed by atoms with van der Waals surface area (Å²) in [6.07, 6.45) is 1.58. The second-order valence-corrected chi connectivity index (χ2v) is 6.52. The fraction of sp³-hybridized carbons (Fsp3) is 0.600. The maximum Gasteiger partial charge on any atom is 0.272 e. The highest BCUT2D eigenvalue weighted by atomic mass is 16.6. The van der Waals surface area contributed by atoms with Crippen LogP contribution in [0.1, 0.15) is 32.3 Å². The molecule has 1 saturated carbocycles. The molecule has 2 unspecified atom stereocenters. The van der Waals surface area contributed by atoms with Gasteiger partial charge in [0.15, 0.2) is 0 Å². The maximum atomic E-state index is 11.1. The van der Waals surface area contributed by atoms with Crippen molar-refractivity contribution in [1.82, 2.24) is 0 Å². The Balaban J connectivity index is 2.35. The number of benzene rings is 1. The van der Waals surface area contributed by atoms with Gasteiger partial charge in [-0.1, -0.05) is 32.0 Å². The van der Waals surface area contributed by atoms with E-state index >= 15 is 0 Å². The summed E-state index contributed by atoms with van der Waals surface area (Å²) in [7, 11) is 0. The van der Waals surface area contributed by atoms with Gasteiger partial charge in [0, 0.05) is 23.6 Å². The molecule has 0 aromatic heterocycles. The third kappa shape index (κ3) is 2.43. The Kier molecular flexibility index (Phi) is 3.84. The van der Waals surface area contributed by atoms with E-state index in [9.17, 15) is 15.2 Å². The van der Waals surface area contributed by atoms with Crippen molar-refractivity contribution >= 4 is 5.69 Å². The number of nitro benzene ring substituents is 1. The first kappa shape index (κ1) is 14.9. The van der Waals surface area contributed by atoms with Crippen LogP contribution in [0, 0.1) is 20.9 Å². The zero-order chi connectivity index (χ0) is 15.0. The molecule has 2 rings (SSSR count). The lowest BCUT2D eigenvalue weighted by atomic mass is 9.74. The molecule has 1 fully saturated rings. The molecule has 3 N–H and O–H groups in total. The van der Waals surface area contributed by atoms with Crippen LogP contribution in [0.15, 0.2) is 24.3 Å². The molecule has 0 radical (unpaired) electrons. The number of rotatable bonds is 4. The van der Waals surface area contributed by atoms with Crippen molar-refractivity contribution in [2.24, 2.45) is 16.6 Å². The molecule has 5 nitrogen and oxygen atoms in total. The molecule has 1 aromatic rings. The van der Waals surface area contributed by atoms with Crippen LogP contribution in [0.4, 0.5) is 5.69 Å². The van der Waals surface area contributed by atoms with Crippen LogP contribution >= 0.6 is 0 Å². The van der Waals surface area contributed by atoms with E-state index in [1.54, 1.807) is 18.2 Å². The monoisotopic (exact) mass is 278 g/mol. The summed E-state index contributed by atoms with van der Waals surface area (Å²) in [5.74, 6) is 0. The second kappa shape index (κ2) is 5.14. The lowest BCUT2D eigenvalue weighted by molar-refractivity contribution is -0.385. The number of para-hydroxylation sites is 1. The van der Waals surface area contributed by atoms with Gasteiger partial charge in [0.05, 0.1) is 11.0 Å². The zero-order valence-corrected chi connectivity index (χ0v) is 12.0. The van der Waals surface area contributed by atoms with E-state index in [1.165, 1.54) is 6.07 Å². The summed E-state index contributed by atoms with van der Waals surface area (Å²) in [6.45, 7) is 4.38. The first-order valence-corrected chi connectivity index (χ1v) is 6.93. The molecule has 2 atom stereocenters. The average molecular weight is 278 g/mol. The molecule has 0 saturated heterocycles. The van der Waals surface area contributed by atoms with Crippen LogP contribution in [0.3, 0.4) is 0 Å². The van der Waals surface area contributed by atoms with Crippen LogP contribution in [-0.4, -0.2) is 22.7 Å². The Morgan fingerprint density at radius 1 is 1.40 bits per heavy atom. The van der Waals surface area contributed by atoms with E-state index in [0.29, 0.717) is 18.5 Å². The SMILES string of the molecule is CC1(C)CCC(CN)(Cc2ccccc2[N+](=O)[O-])C1O. The molecule has 1 aliphatic rings. The molecular weight excluding hydrogens is 256 g/mol. The summed E-state index contributed by atoms with van der Waals surface area (Å²) in [6, 6.07) is 6.71. The summed E-state index contributed by atoms with van der Waals surface area (Å²) >= 11 is 0. The van der Waals surface area contributed by atoms with Gasteiger partial charge in [0.2, 0.25) is 0 Å². The van der Waals surface area contributed by atoms with Crippen LogP contribution < -0.4 is 5.73 Å². The Morgan fingerprint density at radius 3 is 2.55 bits per heavy atom. The number of aliphatic hydroxyl groups is 1. The first-order chi connectivity index (χ1) is 9.32. The minimum atomic E-state index is -0.542.